The molecule has 0 bridgehead atoms. The number of hydrogen-bond acceptors (Lipinski definition) is 7. The fourth-order valence-electron chi connectivity index (χ4n) is 4.63. The minimum atomic E-state index is -1.64. The summed E-state index contributed by atoms with van der Waals surface area (Å²) in [4.78, 5) is 43.5. The summed E-state index contributed by atoms with van der Waals surface area (Å²) in [7, 11) is 0. The highest BCUT2D eigenvalue weighted by atomic mass is 16.6. The summed E-state index contributed by atoms with van der Waals surface area (Å²) in [6, 6.07) is 9.22. The molecule has 0 saturated carbocycles. The number of esters is 2. The summed E-state index contributed by atoms with van der Waals surface area (Å²) >= 11 is 0. The first-order chi connectivity index (χ1) is 15.4. The molecule has 3 aromatic rings. The van der Waals surface area contributed by atoms with E-state index < -0.39 is 17.5 Å². The van der Waals surface area contributed by atoms with E-state index in [0.29, 0.717) is 41.2 Å². The van der Waals surface area contributed by atoms with Crippen LogP contribution in [0.3, 0.4) is 0 Å². The van der Waals surface area contributed by atoms with Crippen molar-refractivity contribution in [3.63, 3.8) is 0 Å². The molecule has 2 N–H and O–H groups in total. The Bertz CT molecular complexity index is 1360. The van der Waals surface area contributed by atoms with Gasteiger partial charge in [-0.15, -0.1) is 0 Å². The number of carbonyl (C=O) groups is 2. The van der Waals surface area contributed by atoms with Gasteiger partial charge in [-0.25, -0.2) is 9.78 Å². The van der Waals surface area contributed by atoms with Crippen molar-refractivity contribution in [2.24, 2.45) is 0 Å². The standard InChI is InChI=1S/C24H23N3O5/c1-3-6-20(28)32-24(4-2)16-10-19-21-13(9-14-17(25)7-5-8-18(14)26-21)11-27(19)22(29)15(16)12-31-23(24)30/h5,7-10H,3-4,6,11-12,25H2,1-2H3/t24-/m0/s1. The van der Waals surface area contributed by atoms with E-state index in [2.05, 4.69) is 0 Å². The molecule has 8 nitrogen and oxygen atoms in total. The van der Waals surface area contributed by atoms with Crippen LogP contribution in [-0.2, 0) is 37.8 Å². The number of cyclic esters (lactones) is 1. The molecule has 1 atom stereocenters. The Morgan fingerprint density at radius 3 is 2.84 bits per heavy atom. The van der Waals surface area contributed by atoms with Gasteiger partial charge in [-0.2, -0.15) is 0 Å². The summed E-state index contributed by atoms with van der Waals surface area (Å²) in [5.74, 6) is -1.15. The van der Waals surface area contributed by atoms with Gasteiger partial charge in [0.25, 0.3) is 5.56 Å². The lowest BCUT2D eigenvalue weighted by Gasteiger charge is -2.35. The summed E-state index contributed by atoms with van der Waals surface area (Å²) in [5, 5.41) is 0.826. The van der Waals surface area contributed by atoms with Gasteiger partial charge in [0, 0.05) is 28.6 Å². The Morgan fingerprint density at radius 1 is 1.28 bits per heavy atom. The summed E-state index contributed by atoms with van der Waals surface area (Å²) in [5.41, 5.74) is 8.37. The number of carbonyl (C=O) groups excluding carboxylic acids is 2. The molecule has 0 fully saturated rings. The van der Waals surface area contributed by atoms with Crippen LogP contribution in [0.5, 0.6) is 0 Å². The van der Waals surface area contributed by atoms with Crippen LogP contribution < -0.4 is 11.3 Å². The van der Waals surface area contributed by atoms with Crippen molar-refractivity contribution in [3.05, 3.63) is 57.4 Å². The van der Waals surface area contributed by atoms with Gasteiger partial charge in [0.05, 0.1) is 29.0 Å². The van der Waals surface area contributed by atoms with Gasteiger partial charge in [0.2, 0.25) is 5.60 Å². The fourth-order valence-corrected chi connectivity index (χ4v) is 4.63. The summed E-state index contributed by atoms with van der Waals surface area (Å²) < 4.78 is 12.6. The van der Waals surface area contributed by atoms with Crippen molar-refractivity contribution in [1.82, 2.24) is 9.55 Å². The fraction of sp³-hybridized carbons (Fsp3) is 0.333. The normalized spacial score (nSPS) is 18.6. The highest BCUT2D eigenvalue weighted by molar-refractivity contribution is 5.93. The van der Waals surface area contributed by atoms with Gasteiger partial charge < -0.3 is 19.8 Å². The Labute approximate surface area is 184 Å². The molecule has 32 heavy (non-hydrogen) atoms. The largest absolute Gasteiger partial charge is 0.457 e. The van der Waals surface area contributed by atoms with Crippen molar-refractivity contribution in [2.75, 3.05) is 5.73 Å². The van der Waals surface area contributed by atoms with E-state index in [1.807, 2.05) is 31.2 Å². The Hall–Kier alpha value is -3.68. The molecular weight excluding hydrogens is 410 g/mol. The topological polar surface area (TPSA) is 114 Å². The van der Waals surface area contributed by atoms with Crippen LogP contribution in [0.25, 0.3) is 22.3 Å². The van der Waals surface area contributed by atoms with Crippen molar-refractivity contribution in [3.8, 4) is 11.4 Å². The second-order valence-corrected chi connectivity index (χ2v) is 8.20. The number of nitrogen functional groups attached to an aromatic ring is 1. The maximum atomic E-state index is 13.4. The number of ether oxygens (including phenoxy) is 2. The number of fused-ring (bicyclic) bond motifs is 5. The monoisotopic (exact) mass is 433 g/mol. The number of nitrogens with zero attached hydrogens (tertiary/aromatic N) is 2. The molecule has 0 spiro atoms. The molecule has 164 valence electrons. The maximum Gasteiger partial charge on any atom is 0.355 e. The summed E-state index contributed by atoms with van der Waals surface area (Å²) in [6.07, 6.45) is 0.915. The van der Waals surface area contributed by atoms with Crippen molar-refractivity contribution >= 4 is 28.5 Å². The molecule has 0 radical (unpaired) electrons. The first kappa shape index (κ1) is 20.2. The Balaban J connectivity index is 1.73. The Kier molecular flexibility index (Phi) is 4.54. The second-order valence-electron chi connectivity index (χ2n) is 8.20. The lowest BCUT2D eigenvalue weighted by atomic mass is 9.85. The quantitative estimate of drug-likeness (QED) is 0.389. The molecule has 2 aromatic heterocycles. The Morgan fingerprint density at radius 2 is 2.09 bits per heavy atom. The molecule has 5 rings (SSSR count). The van der Waals surface area contributed by atoms with Crippen molar-refractivity contribution in [2.45, 2.75) is 51.9 Å². The molecule has 1 aromatic carbocycles. The zero-order chi connectivity index (χ0) is 22.6. The van der Waals surface area contributed by atoms with Crippen LogP contribution in [0.15, 0.2) is 35.1 Å². The van der Waals surface area contributed by atoms with Crippen LogP contribution in [0, 0.1) is 0 Å². The lowest BCUT2D eigenvalue weighted by Crippen LogP contribution is -2.47. The molecular formula is C24H23N3O5. The predicted molar refractivity (Wildman–Crippen MR) is 118 cm³/mol. The number of rotatable bonds is 4. The first-order valence-electron chi connectivity index (χ1n) is 10.7. The highest BCUT2D eigenvalue weighted by Gasteiger charge is 2.50. The van der Waals surface area contributed by atoms with Crippen LogP contribution in [0.1, 0.15) is 49.8 Å². The van der Waals surface area contributed by atoms with E-state index in [1.54, 1.807) is 17.6 Å². The van der Waals surface area contributed by atoms with E-state index in [4.69, 9.17) is 20.2 Å². The second kappa shape index (κ2) is 7.19. The zero-order valence-corrected chi connectivity index (χ0v) is 17.9. The van der Waals surface area contributed by atoms with Gasteiger partial charge >= 0.3 is 11.9 Å². The van der Waals surface area contributed by atoms with E-state index >= 15 is 0 Å². The molecule has 2 aliphatic rings. The van der Waals surface area contributed by atoms with Gasteiger partial charge in [0.15, 0.2) is 0 Å². The smallest absolute Gasteiger partial charge is 0.355 e. The van der Waals surface area contributed by atoms with Crippen LogP contribution >= 0.6 is 0 Å². The first-order valence-corrected chi connectivity index (χ1v) is 10.7. The van der Waals surface area contributed by atoms with Crippen LogP contribution in [-0.4, -0.2) is 21.5 Å². The number of nitrogens with two attached hydrogens (primary N) is 1. The predicted octanol–water partition coefficient (Wildman–Crippen LogP) is 3.01. The van der Waals surface area contributed by atoms with Gasteiger partial charge in [-0.3, -0.25) is 9.59 Å². The third-order valence-corrected chi connectivity index (χ3v) is 6.30. The molecule has 0 unspecified atom stereocenters. The summed E-state index contributed by atoms with van der Waals surface area (Å²) in [6.45, 7) is 3.78. The van der Waals surface area contributed by atoms with E-state index in [9.17, 15) is 14.4 Å². The molecule has 0 amide bonds. The van der Waals surface area contributed by atoms with E-state index in [-0.39, 0.29) is 25.0 Å². The van der Waals surface area contributed by atoms with Gasteiger partial charge in [0.1, 0.15) is 6.61 Å². The molecule has 8 heteroatoms. The molecule has 0 aliphatic carbocycles. The minimum absolute atomic E-state index is 0.154. The average Bonchev–Trinajstić information content (AvgIpc) is 3.13. The van der Waals surface area contributed by atoms with E-state index in [1.165, 1.54) is 0 Å². The number of benzene rings is 1. The van der Waals surface area contributed by atoms with Crippen LogP contribution in [0.2, 0.25) is 0 Å². The molecule has 2 aliphatic heterocycles. The highest BCUT2D eigenvalue weighted by Crippen LogP contribution is 2.41. The number of aromatic nitrogens is 2. The SMILES string of the molecule is CCCC(=O)O[C@]1(CC)C(=O)OCc2c1cc1n(c2=O)Cc2cc3c(N)cccc3nc2-1. The van der Waals surface area contributed by atoms with Crippen LogP contribution in [0.4, 0.5) is 5.69 Å². The third kappa shape index (κ3) is 2.75. The minimum Gasteiger partial charge on any atom is -0.457 e. The number of hydrogen-bond donors (Lipinski definition) is 1. The number of pyridine rings is 2. The molecule has 0 saturated heterocycles. The lowest BCUT2D eigenvalue weighted by molar-refractivity contribution is -0.189. The zero-order valence-electron chi connectivity index (χ0n) is 17.9. The van der Waals surface area contributed by atoms with Gasteiger partial charge in [-0.1, -0.05) is 19.9 Å². The van der Waals surface area contributed by atoms with Crippen molar-refractivity contribution in [1.29, 1.82) is 0 Å². The molecule has 4 heterocycles. The average molecular weight is 433 g/mol. The third-order valence-electron chi connectivity index (χ3n) is 6.30. The van der Waals surface area contributed by atoms with E-state index in [0.717, 1.165) is 16.5 Å². The van der Waals surface area contributed by atoms with Crippen molar-refractivity contribution < 1.29 is 19.1 Å². The van der Waals surface area contributed by atoms with Gasteiger partial charge in [-0.05, 0) is 37.1 Å². The number of anilines is 1. The maximum absolute atomic E-state index is 13.4.